The molecule has 0 heterocycles. The quantitative estimate of drug-likeness (QED) is 0.0440. The van der Waals surface area contributed by atoms with Gasteiger partial charge in [0, 0.05) is 6.42 Å². The zero-order chi connectivity index (χ0) is 37.0. The van der Waals surface area contributed by atoms with Crippen LogP contribution in [-0.2, 0) is 38.4 Å². The molecule has 0 saturated heterocycles. The number of carboxylic acids is 2. The fourth-order valence-corrected chi connectivity index (χ4v) is 4.09. The molecular weight excluding hydrogens is 634 g/mol. The first-order valence-electron chi connectivity index (χ1n) is 15.9. The van der Waals surface area contributed by atoms with E-state index in [4.69, 9.17) is 22.3 Å². The fraction of sp³-hybridized carbons (Fsp3) is 0.724. The van der Waals surface area contributed by atoms with Crippen molar-refractivity contribution in [2.24, 2.45) is 17.2 Å². The van der Waals surface area contributed by atoms with Gasteiger partial charge in [-0.15, -0.1) is 0 Å². The first-order chi connectivity index (χ1) is 22.4. The smallest absolute Gasteiger partial charge is 0.326 e. The average Bonchev–Trinajstić information content (AvgIpc) is 3.01. The number of carboxylic acid groups (broad SMARTS) is 2. The molecule has 0 aliphatic heterocycles. The summed E-state index contributed by atoms with van der Waals surface area (Å²) in [5.41, 5.74) is 16.9. The van der Waals surface area contributed by atoms with Crippen LogP contribution in [0.4, 0.5) is 0 Å². The number of carbonyl (C=O) groups is 8. The van der Waals surface area contributed by atoms with Crippen molar-refractivity contribution in [1.82, 2.24) is 31.9 Å². The summed E-state index contributed by atoms with van der Waals surface area (Å²) in [6.07, 6.45) is 2.07. The van der Waals surface area contributed by atoms with Gasteiger partial charge in [0.15, 0.2) is 0 Å². The van der Waals surface area contributed by atoms with Crippen LogP contribution in [-0.4, -0.2) is 113 Å². The molecule has 274 valence electrons. The van der Waals surface area contributed by atoms with Crippen LogP contribution in [0.2, 0.25) is 0 Å². The van der Waals surface area contributed by atoms with E-state index >= 15 is 0 Å². The van der Waals surface area contributed by atoms with Crippen LogP contribution in [0.5, 0.6) is 0 Å². The molecule has 14 N–H and O–H groups in total. The van der Waals surface area contributed by atoms with Crippen molar-refractivity contribution in [3.8, 4) is 0 Å². The molecule has 0 aromatic rings. The van der Waals surface area contributed by atoms with Crippen molar-refractivity contribution in [3.05, 3.63) is 0 Å². The number of nitrogens with two attached hydrogens (primary N) is 3. The monoisotopic (exact) mass is 687 g/mol. The lowest BCUT2D eigenvalue weighted by Crippen LogP contribution is -2.58. The Hall–Kier alpha value is -4.36. The van der Waals surface area contributed by atoms with Crippen LogP contribution in [0.3, 0.4) is 0 Å². The molecule has 0 fully saturated rings. The maximum absolute atomic E-state index is 13.1. The molecule has 6 amide bonds. The van der Waals surface area contributed by atoms with Gasteiger partial charge < -0.3 is 59.3 Å². The number of hydrogen-bond acceptors (Lipinski definition) is 11. The van der Waals surface area contributed by atoms with E-state index in [0.717, 1.165) is 0 Å². The summed E-state index contributed by atoms with van der Waals surface area (Å²) in [4.78, 5) is 98.2. The molecule has 0 aliphatic rings. The number of aliphatic carboxylic acids is 2. The minimum absolute atomic E-state index is 0.181. The molecule has 0 aromatic carbocycles. The third-order valence-electron chi connectivity index (χ3n) is 7.16. The Morgan fingerprint density at radius 3 is 1.29 bits per heavy atom. The van der Waals surface area contributed by atoms with E-state index in [2.05, 4.69) is 31.9 Å². The molecule has 0 rings (SSSR count). The van der Waals surface area contributed by atoms with E-state index in [-0.39, 0.29) is 12.8 Å². The maximum atomic E-state index is 13.1. The molecule has 19 nitrogen and oxygen atoms in total. The van der Waals surface area contributed by atoms with Crippen LogP contribution < -0.4 is 49.1 Å². The Bertz CT molecular complexity index is 1120. The highest BCUT2D eigenvalue weighted by atomic mass is 16.4. The van der Waals surface area contributed by atoms with E-state index in [1.807, 2.05) is 0 Å². The lowest BCUT2D eigenvalue weighted by Gasteiger charge is -2.24. The van der Waals surface area contributed by atoms with E-state index in [0.29, 0.717) is 45.2 Å². The van der Waals surface area contributed by atoms with E-state index in [9.17, 15) is 43.5 Å². The normalized spacial score (nSPS) is 15.2. The third-order valence-corrected chi connectivity index (χ3v) is 7.16. The molecule has 19 heteroatoms. The fourth-order valence-electron chi connectivity index (χ4n) is 4.09. The summed E-state index contributed by atoms with van der Waals surface area (Å²) in [7, 11) is 0. The van der Waals surface area contributed by atoms with Gasteiger partial charge in [-0.25, -0.2) is 4.79 Å². The molecule has 0 saturated carbocycles. The van der Waals surface area contributed by atoms with Gasteiger partial charge in [0.2, 0.25) is 35.4 Å². The van der Waals surface area contributed by atoms with Gasteiger partial charge in [-0.1, -0.05) is 6.42 Å². The second-order valence-electron chi connectivity index (χ2n) is 11.5. The molecule has 0 spiro atoms. The van der Waals surface area contributed by atoms with E-state index in [1.165, 1.54) is 27.7 Å². The van der Waals surface area contributed by atoms with Crippen molar-refractivity contribution >= 4 is 47.4 Å². The molecule has 0 aliphatic carbocycles. The summed E-state index contributed by atoms with van der Waals surface area (Å²) in [5.74, 6) is -7.02. The maximum Gasteiger partial charge on any atom is 0.326 e. The number of hydrogen-bond donors (Lipinski definition) is 11. The highest BCUT2D eigenvalue weighted by Gasteiger charge is 2.29. The molecule has 7 atom stereocenters. The highest BCUT2D eigenvalue weighted by Crippen LogP contribution is 2.04. The largest absolute Gasteiger partial charge is 0.481 e. The summed E-state index contributed by atoms with van der Waals surface area (Å²) >= 11 is 0. The van der Waals surface area contributed by atoms with Crippen molar-refractivity contribution in [2.45, 2.75) is 121 Å². The van der Waals surface area contributed by atoms with Crippen LogP contribution in [0.15, 0.2) is 0 Å². The van der Waals surface area contributed by atoms with Crippen molar-refractivity contribution in [3.63, 3.8) is 0 Å². The number of rotatable bonds is 24. The SMILES string of the molecule is C[C@H](NC(=O)[C@H](C)NC(=O)[C@H](CCCCN)NC(=O)[C@H](C)NC(=O)[C@@H](N)CCCCN)C(=O)N[C@@H](C)C(=O)N[C@@H](CCC(=O)O)C(=O)O. The van der Waals surface area contributed by atoms with Gasteiger partial charge in [-0.05, 0) is 79.3 Å². The Morgan fingerprint density at radius 2 is 0.875 bits per heavy atom. The van der Waals surface area contributed by atoms with Gasteiger partial charge in [0.05, 0.1) is 6.04 Å². The molecule has 48 heavy (non-hydrogen) atoms. The standard InChI is InChI=1S/C29H53N9O10/c1-15(23(41)34-17(3)26(44)38-21(29(47)48)11-12-22(39)40)33-24(42)16(2)36-28(46)20(10-6-8-14-31)37-25(43)18(4)35-27(45)19(32)9-5-7-13-30/h15-21H,5-14,30-32H2,1-4H3,(H,33,42)(H,34,41)(H,35,45)(H,36,46)(H,37,43)(H,38,44)(H,39,40)(H,47,48)/t15-,16-,17-,18-,19-,20-,21-/m0/s1. The number of unbranched alkanes of at least 4 members (excludes halogenated alkanes) is 2. The molecule has 0 aromatic heterocycles. The summed E-state index contributed by atoms with van der Waals surface area (Å²) in [5, 5.41) is 32.4. The summed E-state index contributed by atoms with van der Waals surface area (Å²) in [6, 6.07) is -8.03. The summed E-state index contributed by atoms with van der Waals surface area (Å²) < 4.78 is 0. The predicted molar refractivity (Wildman–Crippen MR) is 173 cm³/mol. The predicted octanol–water partition coefficient (Wildman–Crippen LogP) is -3.49. The Labute approximate surface area is 279 Å². The molecule has 0 radical (unpaired) electrons. The Balaban J connectivity index is 5.17. The lowest BCUT2D eigenvalue weighted by molar-refractivity contribution is -0.143. The van der Waals surface area contributed by atoms with Crippen LogP contribution in [0.25, 0.3) is 0 Å². The van der Waals surface area contributed by atoms with Gasteiger partial charge in [0.1, 0.15) is 36.3 Å². The first-order valence-corrected chi connectivity index (χ1v) is 15.9. The molecule has 0 unspecified atom stereocenters. The Kier molecular flexibility index (Phi) is 21.0. The van der Waals surface area contributed by atoms with Gasteiger partial charge in [0.25, 0.3) is 0 Å². The van der Waals surface area contributed by atoms with Crippen LogP contribution in [0, 0.1) is 0 Å². The zero-order valence-electron chi connectivity index (χ0n) is 28.0. The van der Waals surface area contributed by atoms with Gasteiger partial charge in [-0.3, -0.25) is 33.6 Å². The summed E-state index contributed by atoms with van der Waals surface area (Å²) in [6.45, 7) is 6.18. The lowest BCUT2D eigenvalue weighted by atomic mass is 10.1. The minimum atomic E-state index is -1.49. The number of amides is 6. The second-order valence-corrected chi connectivity index (χ2v) is 11.5. The topological polar surface area (TPSA) is 327 Å². The van der Waals surface area contributed by atoms with Gasteiger partial charge >= 0.3 is 11.9 Å². The third kappa shape index (κ3) is 17.5. The average molecular weight is 688 g/mol. The second kappa shape index (κ2) is 23.0. The minimum Gasteiger partial charge on any atom is -0.481 e. The Morgan fingerprint density at radius 1 is 0.500 bits per heavy atom. The van der Waals surface area contributed by atoms with Gasteiger partial charge in [-0.2, -0.15) is 0 Å². The highest BCUT2D eigenvalue weighted by molar-refractivity contribution is 5.96. The van der Waals surface area contributed by atoms with Crippen LogP contribution in [0.1, 0.15) is 79.1 Å². The number of nitrogens with one attached hydrogen (secondary N) is 6. The van der Waals surface area contributed by atoms with E-state index in [1.54, 1.807) is 0 Å². The molecular formula is C29H53N9O10. The van der Waals surface area contributed by atoms with Crippen LogP contribution >= 0.6 is 0 Å². The van der Waals surface area contributed by atoms with E-state index < -0.39 is 96.1 Å². The van der Waals surface area contributed by atoms with Crippen molar-refractivity contribution in [1.29, 1.82) is 0 Å². The van der Waals surface area contributed by atoms with Crippen molar-refractivity contribution < 1.29 is 48.6 Å². The zero-order valence-corrected chi connectivity index (χ0v) is 28.0. The van der Waals surface area contributed by atoms with Crippen molar-refractivity contribution in [2.75, 3.05) is 13.1 Å². The number of carbonyl (C=O) groups excluding carboxylic acids is 6. The first kappa shape index (κ1) is 43.6. The molecule has 0 bridgehead atoms.